The number of nitrogens with zero attached hydrogens (tertiary/aromatic N) is 1. The summed E-state index contributed by atoms with van der Waals surface area (Å²) in [5, 5.41) is 2.13. The molecule has 0 spiro atoms. The zero-order valence-corrected chi connectivity index (χ0v) is 18.6. The number of imide groups is 2. The normalized spacial score (nSPS) is 15.4. The minimum absolute atomic E-state index is 0.0177. The molecule has 1 saturated heterocycles. The minimum Gasteiger partial charge on any atom is -0.486 e. The maximum Gasteiger partial charge on any atom is 0.331 e. The topological polar surface area (TPSA) is 75.7 Å². The number of amides is 4. The molecule has 0 unspecified atom stereocenters. The van der Waals surface area contributed by atoms with Crippen molar-refractivity contribution in [1.29, 1.82) is 0 Å². The summed E-state index contributed by atoms with van der Waals surface area (Å²) in [4.78, 5) is 37.3. The van der Waals surface area contributed by atoms with E-state index in [0.717, 1.165) is 4.90 Å². The molecule has 3 rings (SSSR count). The van der Waals surface area contributed by atoms with E-state index in [9.17, 15) is 18.8 Å². The number of carbonyl (C=O) groups is 3. The van der Waals surface area contributed by atoms with Gasteiger partial charge in [0.05, 0.1) is 8.95 Å². The van der Waals surface area contributed by atoms with E-state index in [4.69, 9.17) is 4.74 Å². The summed E-state index contributed by atoms with van der Waals surface area (Å²) in [7, 11) is 0. The molecule has 0 saturated carbocycles. The van der Waals surface area contributed by atoms with E-state index in [0.29, 0.717) is 25.8 Å². The van der Waals surface area contributed by atoms with E-state index in [-0.39, 0.29) is 24.5 Å². The molecule has 0 aromatic heterocycles. The summed E-state index contributed by atoms with van der Waals surface area (Å²) in [5.74, 6) is -1.43. The highest BCUT2D eigenvalue weighted by Crippen LogP contribution is 2.36. The van der Waals surface area contributed by atoms with Crippen LogP contribution in [0, 0.1) is 5.82 Å². The average Bonchev–Trinajstić information content (AvgIpc) is 2.69. The Balaban J connectivity index is 1.86. The summed E-state index contributed by atoms with van der Waals surface area (Å²) < 4.78 is 20.6. The van der Waals surface area contributed by atoms with Crippen LogP contribution in [0.15, 0.2) is 63.6 Å². The van der Waals surface area contributed by atoms with Gasteiger partial charge in [-0.25, -0.2) is 9.18 Å². The highest BCUT2D eigenvalue weighted by molar-refractivity contribution is 9.11. The van der Waals surface area contributed by atoms with E-state index in [1.165, 1.54) is 18.2 Å². The molecule has 1 aliphatic rings. The fourth-order valence-corrected chi connectivity index (χ4v) is 4.17. The van der Waals surface area contributed by atoms with Crippen LogP contribution in [0.4, 0.5) is 9.18 Å². The zero-order chi connectivity index (χ0) is 21.8. The van der Waals surface area contributed by atoms with E-state index >= 15 is 0 Å². The average molecular weight is 538 g/mol. The van der Waals surface area contributed by atoms with Crippen molar-refractivity contribution in [3.05, 3.63) is 80.5 Å². The number of benzene rings is 2. The molecule has 1 heterocycles. The first-order chi connectivity index (χ1) is 14.3. The fourth-order valence-electron chi connectivity index (χ4n) is 2.72. The van der Waals surface area contributed by atoms with Crippen LogP contribution in [0.1, 0.15) is 11.1 Å². The van der Waals surface area contributed by atoms with Crippen LogP contribution in [0.25, 0.3) is 6.08 Å². The number of carbonyl (C=O) groups excluding carboxylic acids is 3. The lowest BCUT2D eigenvalue weighted by atomic mass is 10.1. The Morgan fingerprint density at radius 3 is 2.43 bits per heavy atom. The van der Waals surface area contributed by atoms with Crippen molar-refractivity contribution in [3.63, 3.8) is 0 Å². The van der Waals surface area contributed by atoms with Gasteiger partial charge >= 0.3 is 6.03 Å². The molecule has 2 aromatic rings. The summed E-state index contributed by atoms with van der Waals surface area (Å²) in [5.41, 5.74) is 0.729. The standard InChI is InChI=1S/C21H15Br2FN2O4/c1-2-7-26-20(28)14(19(27)25-21(26)29)8-12-9-15(22)18(16(23)10-12)30-11-13-5-3-4-6-17(13)24/h2-6,8-10H,1,7,11H2,(H,25,27,29)/b14-8+. The highest BCUT2D eigenvalue weighted by Gasteiger charge is 2.34. The number of halogens is 3. The predicted molar refractivity (Wildman–Crippen MR) is 116 cm³/mol. The van der Waals surface area contributed by atoms with Crippen LogP contribution >= 0.6 is 31.9 Å². The number of nitrogens with one attached hydrogen (secondary N) is 1. The molecule has 4 amide bonds. The zero-order valence-electron chi connectivity index (χ0n) is 15.5. The maximum atomic E-state index is 13.8. The molecule has 2 aromatic carbocycles. The van der Waals surface area contributed by atoms with Gasteiger partial charge in [0.25, 0.3) is 11.8 Å². The number of hydrogen-bond donors (Lipinski definition) is 1. The third-order valence-electron chi connectivity index (χ3n) is 4.16. The quantitative estimate of drug-likeness (QED) is 0.332. The lowest BCUT2D eigenvalue weighted by Gasteiger charge is -2.25. The SMILES string of the molecule is C=CCN1C(=O)NC(=O)/C(=C\c2cc(Br)c(OCc3ccccc3F)c(Br)c2)C1=O. The van der Waals surface area contributed by atoms with Crippen LogP contribution in [-0.2, 0) is 16.2 Å². The Morgan fingerprint density at radius 1 is 1.13 bits per heavy atom. The molecule has 1 aliphatic heterocycles. The second kappa shape index (κ2) is 9.36. The van der Waals surface area contributed by atoms with Crippen molar-refractivity contribution in [2.45, 2.75) is 6.61 Å². The van der Waals surface area contributed by atoms with E-state index in [1.807, 2.05) is 0 Å². The first-order valence-corrected chi connectivity index (χ1v) is 10.3. The Labute approximate surface area is 188 Å². The first kappa shape index (κ1) is 21.9. The van der Waals surface area contributed by atoms with Gasteiger partial charge in [-0.1, -0.05) is 24.3 Å². The predicted octanol–water partition coefficient (Wildman–Crippen LogP) is 4.58. The second-order valence-corrected chi connectivity index (χ2v) is 7.92. The molecule has 1 N–H and O–H groups in total. The largest absolute Gasteiger partial charge is 0.486 e. The van der Waals surface area contributed by atoms with Crippen molar-refractivity contribution in [2.75, 3.05) is 6.54 Å². The number of urea groups is 1. The minimum atomic E-state index is -0.790. The molecule has 154 valence electrons. The van der Waals surface area contributed by atoms with Crippen LogP contribution in [0.3, 0.4) is 0 Å². The van der Waals surface area contributed by atoms with Crippen LogP contribution in [0.5, 0.6) is 5.75 Å². The smallest absolute Gasteiger partial charge is 0.331 e. The van der Waals surface area contributed by atoms with E-state index in [2.05, 4.69) is 43.8 Å². The van der Waals surface area contributed by atoms with Gasteiger partial charge < -0.3 is 4.74 Å². The van der Waals surface area contributed by atoms with E-state index in [1.54, 1.807) is 30.3 Å². The lowest BCUT2D eigenvalue weighted by molar-refractivity contribution is -0.129. The van der Waals surface area contributed by atoms with Gasteiger partial charge in [-0.15, -0.1) is 6.58 Å². The van der Waals surface area contributed by atoms with Gasteiger partial charge in [0.2, 0.25) is 0 Å². The van der Waals surface area contributed by atoms with Crippen LogP contribution in [-0.4, -0.2) is 29.3 Å². The molecule has 30 heavy (non-hydrogen) atoms. The third-order valence-corrected chi connectivity index (χ3v) is 5.34. The monoisotopic (exact) mass is 536 g/mol. The molecular formula is C21H15Br2FN2O4. The van der Waals surface area contributed by atoms with Crippen molar-refractivity contribution in [1.82, 2.24) is 10.2 Å². The van der Waals surface area contributed by atoms with Crippen LogP contribution < -0.4 is 10.1 Å². The van der Waals surface area contributed by atoms with Crippen LogP contribution in [0.2, 0.25) is 0 Å². The third kappa shape index (κ3) is 4.68. The van der Waals surface area contributed by atoms with Gasteiger partial charge in [0.15, 0.2) is 0 Å². The van der Waals surface area contributed by atoms with Crippen molar-refractivity contribution in [2.24, 2.45) is 0 Å². The maximum absolute atomic E-state index is 13.8. The number of hydrogen-bond acceptors (Lipinski definition) is 4. The van der Waals surface area contributed by atoms with E-state index < -0.39 is 17.8 Å². The number of rotatable bonds is 6. The molecular weight excluding hydrogens is 523 g/mol. The second-order valence-electron chi connectivity index (χ2n) is 6.22. The van der Waals surface area contributed by atoms with Gasteiger partial charge in [-0.3, -0.25) is 19.8 Å². The molecule has 0 radical (unpaired) electrons. The molecule has 1 fully saturated rings. The molecule has 0 atom stereocenters. The summed E-state index contributed by atoms with van der Waals surface area (Å²) in [6.07, 6.45) is 2.76. The van der Waals surface area contributed by atoms with Gasteiger partial charge in [0.1, 0.15) is 23.7 Å². The Hall–Kier alpha value is -2.78. The highest BCUT2D eigenvalue weighted by atomic mass is 79.9. The Morgan fingerprint density at radius 2 is 1.80 bits per heavy atom. The Bertz CT molecular complexity index is 1060. The molecule has 6 nitrogen and oxygen atoms in total. The van der Waals surface area contributed by atoms with Crippen molar-refractivity contribution in [3.8, 4) is 5.75 Å². The number of barbiturate groups is 1. The van der Waals surface area contributed by atoms with Gasteiger partial charge in [-0.05, 0) is 61.7 Å². The van der Waals surface area contributed by atoms with Gasteiger partial charge in [-0.2, -0.15) is 0 Å². The molecule has 0 aliphatic carbocycles. The van der Waals surface area contributed by atoms with Crippen molar-refractivity contribution >= 4 is 55.8 Å². The lowest BCUT2D eigenvalue weighted by Crippen LogP contribution is -2.54. The number of ether oxygens (including phenoxy) is 1. The fraction of sp³-hybridized carbons (Fsp3) is 0.0952. The molecule has 9 heteroatoms. The Kier molecular flexibility index (Phi) is 6.84. The van der Waals surface area contributed by atoms with Gasteiger partial charge in [0, 0.05) is 12.1 Å². The summed E-state index contributed by atoms with van der Waals surface area (Å²) in [6.45, 7) is 3.50. The molecule has 0 bridgehead atoms. The van der Waals surface area contributed by atoms with Crippen molar-refractivity contribution < 1.29 is 23.5 Å². The first-order valence-electron chi connectivity index (χ1n) is 8.67. The summed E-state index contributed by atoms with van der Waals surface area (Å²) in [6, 6.07) is 8.78. The summed E-state index contributed by atoms with van der Waals surface area (Å²) >= 11 is 6.78.